The molecule has 1 unspecified atom stereocenters. The SMILES string of the molecule is OCC(O)CNc1nc(OP(O)(O)=S)nc2nc[nH]c12. The summed E-state index contributed by atoms with van der Waals surface area (Å²) >= 11 is 4.34. The van der Waals surface area contributed by atoms with Crippen molar-refractivity contribution in [1.29, 1.82) is 0 Å². The maximum atomic E-state index is 9.29. The number of imidazole rings is 1. The first kappa shape index (κ1) is 15.0. The number of aromatic nitrogens is 4. The van der Waals surface area contributed by atoms with E-state index in [0.29, 0.717) is 5.52 Å². The van der Waals surface area contributed by atoms with Gasteiger partial charge in [0.2, 0.25) is 0 Å². The molecule has 0 saturated heterocycles. The summed E-state index contributed by atoms with van der Waals surface area (Å²) in [5.41, 5.74) is 0.658. The highest BCUT2D eigenvalue weighted by atomic mass is 32.5. The Morgan fingerprint density at radius 3 is 2.85 bits per heavy atom. The zero-order valence-corrected chi connectivity index (χ0v) is 11.7. The van der Waals surface area contributed by atoms with E-state index in [-0.39, 0.29) is 24.0 Å². The number of hydrogen-bond donors (Lipinski definition) is 6. The van der Waals surface area contributed by atoms with Crippen molar-refractivity contribution < 1.29 is 24.5 Å². The van der Waals surface area contributed by atoms with E-state index in [1.807, 2.05) is 0 Å². The Morgan fingerprint density at radius 2 is 2.20 bits per heavy atom. The highest BCUT2D eigenvalue weighted by Crippen LogP contribution is 2.37. The Morgan fingerprint density at radius 1 is 1.45 bits per heavy atom. The number of nitrogens with zero attached hydrogens (tertiary/aromatic N) is 3. The van der Waals surface area contributed by atoms with E-state index in [9.17, 15) is 5.11 Å². The summed E-state index contributed by atoms with van der Waals surface area (Å²) in [4.78, 5) is 32.6. The molecule has 10 nitrogen and oxygen atoms in total. The largest absolute Gasteiger partial charge is 0.394 e. The van der Waals surface area contributed by atoms with Crippen LogP contribution in [0.1, 0.15) is 0 Å². The van der Waals surface area contributed by atoms with Crippen LogP contribution in [0.15, 0.2) is 6.33 Å². The van der Waals surface area contributed by atoms with E-state index in [0.717, 1.165) is 0 Å². The third-order valence-corrected chi connectivity index (χ3v) is 2.81. The quantitative estimate of drug-likeness (QED) is 0.354. The van der Waals surface area contributed by atoms with Crippen molar-refractivity contribution in [2.75, 3.05) is 18.5 Å². The minimum atomic E-state index is -3.96. The maximum absolute atomic E-state index is 9.29. The number of aromatic amines is 1. The number of aliphatic hydroxyl groups is 2. The third-order valence-electron chi connectivity index (χ3n) is 2.18. The number of H-pyrrole nitrogens is 1. The molecule has 20 heavy (non-hydrogen) atoms. The van der Waals surface area contributed by atoms with Gasteiger partial charge >= 0.3 is 12.7 Å². The van der Waals surface area contributed by atoms with Crippen LogP contribution in [0.25, 0.3) is 11.2 Å². The van der Waals surface area contributed by atoms with Crippen molar-refractivity contribution >= 4 is 35.5 Å². The van der Waals surface area contributed by atoms with Gasteiger partial charge in [-0.05, 0) is 0 Å². The summed E-state index contributed by atoms with van der Waals surface area (Å²) in [7, 11) is 0. The van der Waals surface area contributed by atoms with Crippen LogP contribution >= 0.6 is 6.72 Å². The molecule has 0 bridgehead atoms. The number of fused-ring (bicyclic) bond motifs is 1. The molecule has 2 rings (SSSR count). The van der Waals surface area contributed by atoms with Gasteiger partial charge in [0, 0.05) is 18.4 Å². The van der Waals surface area contributed by atoms with Gasteiger partial charge in [0.05, 0.1) is 19.0 Å². The van der Waals surface area contributed by atoms with Crippen molar-refractivity contribution in [1.82, 2.24) is 19.9 Å². The molecule has 1 atom stereocenters. The lowest BCUT2D eigenvalue weighted by Gasteiger charge is -2.12. The lowest BCUT2D eigenvalue weighted by Crippen LogP contribution is -2.23. The molecular formula is C8H12N5O5PS. The minimum Gasteiger partial charge on any atom is -0.394 e. The van der Waals surface area contributed by atoms with E-state index >= 15 is 0 Å². The fourth-order valence-electron chi connectivity index (χ4n) is 1.37. The van der Waals surface area contributed by atoms with Crippen LogP contribution in [0.2, 0.25) is 0 Å². The highest BCUT2D eigenvalue weighted by Gasteiger charge is 2.17. The van der Waals surface area contributed by atoms with E-state index in [2.05, 4.69) is 41.6 Å². The first-order chi connectivity index (χ1) is 9.39. The molecule has 0 aliphatic carbocycles. The smallest absolute Gasteiger partial charge is 0.377 e. The van der Waals surface area contributed by atoms with E-state index in [1.165, 1.54) is 6.33 Å². The van der Waals surface area contributed by atoms with Crippen LogP contribution in [0.3, 0.4) is 0 Å². The molecule has 0 saturated carbocycles. The molecule has 0 aromatic carbocycles. The average molecular weight is 321 g/mol. The second-order valence-corrected chi connectivity index (χ2v) is 6.35. The van der Waals surface area contributed by atoms with Gasteiger partial charge in [-0.15, -0.1) is 0 Å². The Hall–Kier alpha value is -1.36. The Labute approximate surface area is 117 Å². The lowest BCUT2D eigenvalue weighted by atomic mass is 10.3. The van der Waals surface area contributed by atoms with Crippen LogP contribution in [-0.2, 0) is 11.8 Å². The summed E-state index contributed by atoms with van der Waals surface area (Å²) in [6, 6.07) is -0.348. The van der Waals surface area contributed by atoms with Crippen molar-refractivity contribution in [3.63, 3.8) is 0 Å². The molecule has 0 aliphatic heterocycles. The fraction of sp³-hybridized carbons (Fsp3) is 0.375. The van der Waals surface area contributed by atoms with Crippen molar-refractivity contribution in [3.8, 4) is 6.01 Å². The van der Waals surface area contributed by atoms with Gasteiger partial charge < -0.3 is 34.8 Å². The summed E-state index contributed by atoms with van der Waals surface area (Å²) in [5.74, 6) is 0.221. The van der Waals surface area contributed by atoms with Gasteiger partial charge in [-0.3, -0.25) is 0 Å². The van der Waals surface area contributed by atoms with Crippen LogP contribution in [0, 0.1) is 0 Å². The molecule has 2 heterocycles. The van der Waals surface area contributed by atoms with Gasteiger partial charge in [-0.25, -0.2) is 4.98 Å². The molecule has 0 amide bonds. The van der Waals surface area contributed by atoms with Gasteiger partial charge in [0.15, 0.2) is 11.5 Å². The van der Waals surface area contributed by atoms with E-state index in [1.54, 1.807) is 0 Å². The molecule has 2 aromatic heterocycles. The van der Waals surface area contributed by atoms with Crippen molar-refractivity contribution in [3.05, 3.63) is 6.33 Å². The molecule has 12 heteroatoms. The van der Waals surface area contributed by atoms with E-state index in [4.69, 9.17) is 14.9 Å². The second-order valence-electron chi connectivity index (χ2n) is 3.76. The Kier molecular flexibility index (Phi) is 4.48. The number of anilines is 1. The summed E-state index contributed by atoms with van der Waals surface area (Å²) in [5, 5.41) is 20.8. The van der Waals surface area contributed by atoms with E-state index < -0.39 is 19.4 Å². The Balaban J connectivity index is 2.31. The normalized spacial score (nSPS) is 13.4. The lowest BCUT2D eigenvalue weighted by molar-refractivity contribution is 0.105. The molecule has 0 aliphatic rings. The number of rotatable bonds is 6. The molecule has 0 radical (unpaired) electrons. The van der Waals surface area contributed by atoms with Gasteiger partial charge in [0.25, 0.3) is 0 Å². The molecular weight excluding hydrogens is 309 g/mol. The first-order valence-electron chi connectivity index (χ1n) is 5.38. The van der Waals surface area contributed by atoms with Crippen LogP contribution in [0.4, 0.5) is 5.82 Å². The van der Waals surface area contributed by atoms with Crippen LogP contribution in [-0.4, -0.2) is 59.2 Å². The molecule has 0 spiro atoms. The summed E-state index contributed by atoms with van der Waals surface area (Å²) in [6.07, 6.45) is 0.388. The van der Waals surface area contributed by atoms with Crippen molar-refractivity contribution in [2.45, 2.75) is 6.10 Å². The van der Waals surface area contributed by atoms with Crippen molar-refractivity contribution in [2.24, 2.45) is 0 Å². The highest BCUT2D eigenvalue weighted by molar-refractivity contribution is 8.06. The fourth-order valence-corrected chi connectivity index (χ4v) is 1.86. The second kappa shape index (κ2) is 5.95. The predicted octanol–water partition coefficient (Wildman–Crippen LogP) is -1.29. The summed E-state index contributed by atoms with van der Waals surface area (Å²) < 4.78 is 4.66. The number of hydrogen-bond acceptors (Lipinski definition) is 8. The van der Waals surface area contributed by atoms with Gasteiger partial charge in [-0.2, -0.15) is 9.97 Å². The standard InChI is InChI=1S/C8H12N5O5PS/c14-2-4(15)1-9-6-5-7(11-3-10-5)13-8(12-6)18-19(16,17)20/h3-4,14-15H,1-2H2,(H2,16,17,20)(H2,9,10,11,12,13). The Bertz CT molecular complexity index is 645. The summed E-state index contributed by atoms with van der Waals surface area (Å²) in [6.45, 7) is -4.35. The van der Waals surface area contributed by atoms with Gasteiger partial charge in [0.1, 0.15) is 5.52 Å². The molecule has 0 fully saturated rings. The zero-order valence-electron chi connectivity index (χ0n) is 9.96. The van der Waals surface area contributed by atoms with Crippen LogP contribution in [0.5, 0.6) is 6.01 Å². The molecule has 6 N–H and O–H groups in total. The third kappa shape index (κ3) is 3.82. The molecule has 2 aromatic rings. The average Bonchev–Trinajstić information content (AvgIpc) is 2.81. The first-order valence-corrected chi connectivity index (χ1v) is 8.00. The minimum absolute atomic E-state index is 0.0213. The maximum Gasteiger partial charge on any atom is 0.377 e. The topological polar surface area (TPSA) is 157 Å². The molecule has 110 valence electrons. The number of aliphatic hydroxyl groups excluding tert-OH is 2. The zero-order chi connectivity index (χ0) is 14.8. The monoisotopic (exact) mass is 321 g/mol. The van der Waals surface area contributed by atoms with Crippen LogP contribution < -0.4 is 9.84 Å². The predicted molar refractivity (Wildman–Crippen MR) is 72.6 cm³/mol. The van der Waals surface area contributed by atoms with Gasteiger partial charge in [-0.1, -0.05) is 0 Å². The number of nitrogens with one attached hydrogen (secondary N) is 2.